The summed E-state index contributed by atoms with van der Waals surface area (Å²) in [5, 5.41) is 9.56. The van der Waals surface area contributed by atoms with Crippen molar-refractivity contribution in [2.45, 2.75) is 6.54 Å². The van der Waals surface area contributed by atoms with E-state index >= 15 is 0 Å². The fraction of sp³-hybridized carbons (Fsp3) is 0.250. The van der Waals surface area contributed by atoms with E-state index in [0.29, 0.717) is 11.6 Å². The Morgan fingerprint density at radius 2 is 2.33 bits per heavy atom. The van der Waals surface area contributed by atoms with E-state index in [0.717, 1.165) is 5.56 Å². The molecule has 0 spiro atoms. The Bertz CT molecular complexity index is 265. The molecule has 1 aromatic rings. The number of nitrogens with one attached hydrogen (secondary N) is 1. The number of hydrogen-bond donors (Lipinski definition) is 2. The van der Waals surface area contributed by atoms with Crippen LogP contribution in [0.3, 0.4) is 0 Å². The number of aromatic hydroxyl groups is 1. The zero-order chi connectivity index (χ0) is 8.97. The molecule has 4 heteroatoms. The first-order valence-electron chi connectivity index (χ1n) is 3.48. The molecule has 12 heavy (non-hydrogen) atoms. The lowest BCUT2D eigenvalue weighted by atomic mass is 10.2. The van der Waals surface area contributed by atoms with Gasteiger partial charge in [-0.2, -0.15) is 5.48 Å². The van der Waals surface area contributed by atoms with Crippen LogP contribution in [0.5, 0.6) is 5.75 Å². The molecule has 0 aliphatic carbocycles. The smallest absolute Gasteiger partial charge is 0.134 e. The molecular formula is C8H10ClNO2. The van der Waals surface area contributed by atoms with Gasteiger partial charge in [0.15, 0.2) is 0 Å². The van der Waals surface area contributed by atoms with Crippen molar-refractivity contribution < 1.29 is 9.94 Å². The molecule has 3 nitrogen and oxygen atoms in total. The van der Waals surface area contributed by atoms with Gasteiger partial charge >= 0.3 is 0 Å². The number of rotatable bonds is 3. The highest BCUT2D eigenvalue weighted by Gasteiger charge is 2.03. The van der Waals surface area contributed by atoms with Crippen molar-refractivity contribution in [1.29, 1.82) is 0 Å². The van der Waals surface area contributed by atoms with Crippen molar-refractivity contribution in [3.05, 3.63) is 28.8 Å². The van der Waals surface area contributed by atoms with Gasteiger partial charge in [-0.05, 0) is 11.6 Å². The van der Waals surface area contributed by atoms with Crippen molar-refractivity contribution in [1.82, 2.24) is 5.48 Å². The molecule has 0 amide bonds. The van der Waals surface area contributed by atoms with Crippen LogP contribution in [0.2, 0.25) is 5.02 Å². The third-order valence-corrected chi connectivity index (χ3v) is 1.90. The zero-order valence-electron chi connectivity index (χ0n) is 6.67. The van der Waals surface area contributed by atoms with E-state index in [9.17, 15) is 5.11 Å². The van der Waals surface area contributed by atoms with E-state index in [2.05, 4.69) is 10.3 Å². The van der Waals surface area contributed by atoms with Crippen molar-refractivity contribution in [3.63, 3.8) is 0 Å². The van der Waals surface area contributed by atoms with Crippen LogP contribution in [-0.2, 0) is 11.4 Å². The van der Waals surface area contributed by atoms with Crippen LogP contribution >= 0.6 is 11.6 Å². The third-order valence-electron chi connectivity index (χ3n) is 1.47. The monoisotopic (exact) mass is 187 g/mol. The molecule has 0 heterocycles. The average Bonchev–Trinajstić information content (AvgIpc) is 2.08. The molecule has 0 fully saturated rings. The first-order valence-corrected chi connectivity index (χ1v) is 3.85. The number of phenolic OH excluding ortho intramolecular Hbond substituents is 1. The van der Waals surface area contributed by atoms with Crippen LogP contribution in [0.15, 0.2) is 18.2 Å². The minimum absolute atomic E-state index is 0.0899. The van der Waals surface area contributed by atoms with E-state index in [4.69, 9.17) is 11.6 Å². The molecule has 0 atom stereocenters. The summed E-state index contributed by atoms with van der Waals surface area (Å²) in [6, 6.07) is 5.08. The summed E-state index contributed by atoms with van der Waals surface area (Å²) >= 11 is 5.78. The second kappa shape index (κ2) is 4.30. The highest BCUT2D eigenvalue weighted by Crippen LogP contribution is 2.26. The first-order chi connectivity index (χ1) is 5.75. The van der Waals surface area contributed by atoms with Gasteiger partial charge in [0.25, 0.3) is 0 Å². The molecule has 0 bridgehead atoms. The Kier molecular flexibility index (Phi) is 3.34. The average molecular weight is 188 g/mol. The fourth-order valence-electron chi connectivity index (χ4n) is 0.853. The molecule has 0 aromatic heterocycles. The molecule has 1 aromatic carbocycles. The minimum atomic E-state index is 0.0899. The number of phenols is 1. The summed E-state index contributed by atoms with van der Waals surface area (Å²) in [6.45, 7) is 0.476. The van der Waals surface area contributed by atoms with Crippen molar-refractivity contribution in [2.24, 2.45) is 0 Å². The second-order valence-corrected chi connectivity index (χ2v) is 2.65. The summed E-state index contributed by atoms with van der Waals surface area (Å²) < 4.78 is 0. The van der Waals surface area contributed by atoms with E-state index in [1.807, 2.05) is 6.07 Å². The van der Waals surface area contributed by atoms with Crippen molar-refractivity contribution in [2.75, 3.05) is 7.11 Å². The summed E-state index contributed by atoms with van der Waals surface area (Å²) in [5.74, 6) is 0.0899. The van der Waals surface area contributed by atoms with E-state index in [-0.39, 0.29) is 5.75 Å². The van der Waals surface area contributed by atoms with Crippen LogP contribution in [0, 0.1) is 0 Å². The maximum Gasteiger partial charge on any atom is 0.134 e. The Morgan fingerprint density at radius 3 is 3.00 bits per heavy atom. The lowest BCUT2D eigenvalue weighted by Crippen LogP contribution is -2.10. The summed E-state index contributed by atoms with van der Waals surface area (Å²) in [5.41, 5.74) is 3.44. The van der Waals surface area contributed by atoms with Gasteiger partial charge in [0.2, 0.25) is 0 Å². The van der Waals surface area contributed by atoms with Gasteiger partial charge in [-0.15, -0.1) is 0 Å². The van der Waals surface area contributed by atoms with Crippen LogP contribution < -0.4 is 5.48 Å². The van der Waals surface area contributed by atoms with E-state index < -0.39 is 0 Å². The molecule has 0 saturated carbocycles. The maximum absolute atomic E-state index is 9.20. The molecule has 2 N–H and O–H groups in total. The molecule has 66 valence electrons. The quantitative estimate of drug-likeness (QED) is 0.708. The van der Waals surface area contributed by atoms with Crippen LogP contribution in [0.25, 0.3) is 0 Å². The largest absolute Gasteiger partial charge is 0.506 e. The van der Waals surface area contributed by atoms with Gasteiger partial charge < -0.3 is 9.94 Å². The Labute approximate surface area is 75.9 Å². The second-order valence-electron chi connectivity index (χ2n) is 2.28. The van der Waals surface area contributed by atoms with Gasteiger partial charge in [-0.25, -0.2) is 0 Å². The lowest BCUT2D eigenvalue weighted by molar-refractivity contribution is 0.0867. The molecule has 0 saturated heterocycles. The number of halogens is 1. The SMILES string of the molecule is CONCc1cccc(O)c1Cl. The Hall–Kier alpha value is -0.770. The van der Waals surface area contributed by atoms with Gasteiger partial charge in [0, 0.05) is 6.54 Å². The Balaban J connectivity index is 2.78. The zero-order valence-corrected chi connectivity index (χ0v) is 7.43. The van der Waals surface area contributed by atoms with Gasteiger partial charge in [0.05, 0.1) is 12.1 Å². The predicted molar refractivity (Wildman–Crippen MR) is 47.0 cm³/mol. The Morgan fingerprint density at radius 1 is 1.58 bits per heavy atom. The molecule has 0 aliphatic rings. The van der Waals surface area contributed by atoms with Gasteiger partial charge in [-0.3, -0.25) is 0 Å². The molecule has 0 unspecified atom stereocenters. The van der Waals surface area contributed by atoms with Crippen LogP contribution in [-0.4, -0.2) is 12.2 Å². The molecule has 1 rings (SSSR count). The highest BCUT2D eigenvalue weighted by molar-refractivity contribution is 6.32. The highest BCUT2D eigenvalue weighted by atomic mass is 35.5. The van der Waals surface area contributed by atoms with Gasteiger partial charge in [-0.1, -0.05) is 23.7 Å². The van der Waals surface area contributed by atoms with Crippen molar-refractivity contribution in [3.8, 4) is 5.75 Å². The predicted octanol–water partition coefficient (Wildman–Crippen LogP) is 1.70. The number of hydrogen-bond acceptors (Lipinski definition) is 3. The van der Waals surface area contributed by atoms with E-state index in [1.54, 1.807) is 12.1 Å². The first kappa shape index (κ1) is 9.32. The van der Waals surface area contributed by atoms with Gasteiger partial charge in [0.1, 0.15) is 5.75 Å². The number of benzene rings is 1. The summed E-state index contributed by atoms with van der Waals surface area (Å²) in [7, 11) is 1.52. The normalized spacial score (nSPS) is 10.2. The van der Waals surface area contributed by atoms with E-state index in [1.165, 1.54) is 7.11 Å². The molecular weight excluding hydrogens is 178 g/mol. The van der Waals surface area contributed by atoms with Crippen LogP contribution in [0.1, 0.15) is 5.56 Å². The summed E-state index contributed by atoms with van der Waals surface area (Å²) in [4.78, 5) is 4.65. The summed E-state index contributed by atoms with van der Waals surface area (Å²) in [6.07, 6.45) is 0. The minimum Gasteiger partial charge on any atom is -0.506 e. The van der Waals surface area contributed by atoms with Crippen molar-refractivity contribution >= 4 is 11.6 Å². The van der Waals surface area contributed by atoms with Crippen LogP contribution in [0.4, 0.5) is 0 Å². The molecule has 0 radical (unpaired) electrons. The topological polar surface area (TPSA) is 41.5 Å². The molecule has 0 aliphatic heterocycles. The maximum atomic E-state index is 9.20. The number of hydroxylamine groups is 1. The standard InChI is InChI=1S/C8H10ClNO2/c1-12-10-5-6-3-2-4-7(11)8(6)9/h2-4,10-11H,5H2,1H3. The fourth-order valence-corrected chi connectivity index (χ4v) is 1.05. The lowest BCUT2D eigenvalue weighted by Gasteiger charge is -2.05. The third kappa shape index (κ3) is 2.11.